The number of carbonyl (C=O) groups is 1. The molecule has 2 N–H and O–H groups in total. The van der Waals surface area contributed by atoms with Crippen LogP contribution in [0.1, 0.15) is 10.4 Å². The van der Waals surface area contributed by atoms with E-state index in [-0.39, 0.29) is 5.15 Å². The van der Waals surface area contributed by atoms with E-state index in [0.29, 0.717) is 0 Å². The number of halogens is 3. The molecule has 1 amide bonds. The van der Waals surface area contributed by atoms with Crippen molar-refractivity contribution in [1.82, 2.24) is 10.3 Å². The summed E-state index contributed by atoms with van der Waals surface area (Å²) in [6.07, 6.45) is 0. The van der Waals surface area contributed by atoms with E-state index < -0.39 is 23.6 Å². The van der Waals surface area contributed by atoms with Crippen molar-refractivity contribution in [3.8, 4) is 0 Å². The molecule has 0 saturated carbocycles. The standard InChI is InChI=1S/C7H5ClF2N2O2/c8-4-2-1-3(5(13)11-4)6(14)12-7(9)10/h1-2,7H,(H,11,13)(H,12,14). The Hall–Kier alpha value is -1.43. The van der Waals surface area contributed by atoms with Crippen molar-refractivity contribution < 1.29 is 13.6 Å². The summed E-state index contributed by atoms with van der Waals surface area (Å²) in [5, 5.41) is 1.32. The lowest BCUT2D eigenvalue weighted by atomic mass is 10.2. The van der Waals surface area contributed by atoms with E-state index in [1.165, 1.54) is 11.4 Å². The number of carbonyl (C=O) groups excluding carboxylic acids is 1. The van der Waals surface area contributed by atoms with Gasteiger partial charge in [-0.2, -0.15) is 8.78 Å². The Balaban J connectivity index is 2.97. The quantitative estimate of drug-likeness (QED) is 0.579. The van der Waals surface area contributed by atoms with Crippen molar-refractivity contribution in [3.63, 3.8) is 0 Å². The van der Waals surface area contributed by atoms with E-state index in [0.717, 1.165) is 6.07 Å². The predicted octanol–water partition coefficient (Wildman–Crippen LogP) is 0.981. The third-order valence-electron chi connectivity index (χ3n) is 1.36. The van der Waals surface area contributed by atoms with E-state index in [2.05, 4.69) is 4.98 Å². The van der Waals surface area contributed by atoms with E-state index in [9.17, 15) is 18.4 Å². The van der Waals surface area contributed by atoms with Gasteiger partial charge in [0.25, 0.3) is 11.5 Å². The molecule has 1 aromatic heterocycles. The lowest BCUT2D eigenvalue weighted by Gasteiger charge is -2.02. The van der Waals surface area contributed by atoms with Gasteiger partial charge in [-0.05, 0) is 12.1 Å². The van der Waals surface area contributed by atoms with Crippen molar-refractivity contribution in [2.24, 2.45) is 0 Å². The maximum atomic E-state index is 11.7. The molecule has 0 atom stereocenters. The largest absolute Gasteiger partial charge is 0.315 e. The minimum absolute atomic E-state index is 0.0311. The molecule has 0 bridgehead atoms. The molecule has 76 valence electrons. The molecule has 0 aliphatic rings. The molecule has 14 heavy (non-hydrogen) atoms. The van der Waals surface area contributed by atoms with Gasteiger partial charge in [-0.25, -0.2) is 0 Å². The van der Waals surface area contributed by atoms with Crippen LogP contribution in [0, 0.1) is 0 Å². The van der Waals surface area contributed by atoms with Gasteiger partial charge < -0.3 is 4.98 Å². The summed E-state index contributed by atoms with van der Waals surface area (Å²) in [5.41, 5.74) is -1.22. The fourth-order valence-corrected chi connectivity index (χ4v) is 0.954. The Morgan fingerprint density at radius 3 is 2.64 bits per heavy atom. The zero-order chi connectivity index (χ0) is 10.7. The van der Waals surface area contributed by atoms with Crippen LogP contribution in [-0.2, 0) is 0 Å². The Morgan fingerprint density at radius 2 is 2.14 bits per heavy atom. The number of nitrogens with one attached hydrogen (secondary N) is 2. The highest BCUT2D eigenvalue weighted by Crippen LogP contribution is 2.01. The fraction of sp³-hybridized carbons (Fsp3) is 0.143. The predicted molar refractivity (Wildman–Crippen MR) is 45.5 cm³/mol. The number of alkyl halides is 2. The highest BCUT2D eigenvalue weighted by molar-refractivity contribution is 6.29. The van der Waals surface area contributed by atoms with Gasteiger partial charge in [0, 0.05) is 0 Å². The zero-order valence-electron chi connectivity index (χ0n) is 6.68. The zero-order valence-corrected chi connectivity index (χ0v) is 7.44. The summed E-state index contributed by atoms with van der Waals surface area (Å²) in [6.45, 7) is -3.00. The molecular weight excluding hydrogens is 218 g/mol. The second-order valence-electron chi connectivity index (χ2n) is 2.32. The first-order chi connectivity index (χ1) is 6.50. The van der Waals surface area contributed by atoms with Crippen LogP contribution < -0.4 is 10.9 Å². The number of hydrogen-bond acceptors (Lipinski definition) is 2. The molecule has 1 rings (SSSR count). The highest BCUT2D eigenvalue weighted by atomic mass is 35.5. The smallest absolute Gasteiger partial charge is 0.312 e. The van der Waals surface area contributed by atoms with E-state index in [1.807, 2.05) is 0 Å². The first-order valence-electron chi connectivity index (χ1n) is 3.48. The van der Waals surface area contributed by atoms with Crippen molar-refractivity contribution in [1.29, 1.82) is 0 Å². The SMILES string of the molecule is O=C(NC(F)F)c1ccc(Cl)[nH]c1=O. The molecule has 0 saturated heterocycles. The second kappa shape index (κ2) is 4.19. The second-order valence-corrected chi connectivity index (χ2v) is 2.73. The monoisotopic (exact) mass is 222 g/mol. The summed E-state index contributed by atoms with van der Waals surface area (Å²) in [5.74, 6) is -1.14. The minimum atomic E-state index is -3.00. The van der Waals surface area contributed by atoms with Crippen LogP contribution in [0.2, 0.25) is 5.15 Å². The molecule has 7 heteroatoms. The van der Waals surface area contributed by atoms with Gasteiger partial charge in [-0.15, -0.1) is 0 Å². The van der Waals surface area contributed by atoms with Gasteiger partial charge in [0.15, 0.2) is 0 Å². The van der Waals surface area contributed by atoms with Crippen LogP contribution in [0.4, 0.5) is 8.78 Å². The maximum Gasteiger partial charge on any atom is 0.315 e. The van der Waals surface area contributed by atoms with Gasteiger partial charge in [-0.3, -0.25) is 14.9 Å². The van der Waals surface area contributed by atoms with Crippen LogP contribution in [0.25, 0.3) is 0 Å². The number of amides is 1. The maximum absolute atomic E-state index is 11.7. The molecule has 1 aromatic rings. The lowest BCUT2D eigenvalue weighted by Crippen LogP contribution is -2.32. The number of hydrogen-bond donors (Lipinski definition) is 2. The molecule has 0 radical (unpaired) electrons. The topological polar surface area (TPSA) is 62.0 Å². The average Bonchev–Trinajstić information content (AvgIpc) is 2.01. The Labute approximate surface area is 81.9 Å². The van der Waals surface area contributed by atoms with Crippen molar-refractivity contribution in [2.75, 3.05) is 0 Å². The third-order valence-corrected chi connectivity index (χ3v) is 1.58. The first-order valence-corrected chi connectivity index (χ1v) is 3.86. The number of rotatable bonds is 2. The molecule has 4 nitrogen and oxygen atoms in total. The lowest BCUT2D eigenvalue weighted by molar-refractivity contribution is 0.0698. The number of pyridine rings is 1. The summed E-state index contributed by atoms with van der Waals surface area (Å²) < 4.78 is 23.4. The van der Waals surface area contributed by atoms with Crippen LogP contribution in [0.15, 0.2) is 16.9 Å². The third kappa shape index (κ3) is 2.53. The Morgan fingerprint density at radius 1 is 1.50 bits per heavy atom. The van der Waals surface area contributed by atoms with Crippen molar-refractivity contribution in [3.05, 3.63) is 33.2 Å². The molecule has 1 heterocycles. The van der Waals surface area contributed by atoms with Gasteiger partial charge in [0.2, 0.25) is 0 Å². The van der Waals surface area contributed by atoms with E-state index in [4.69, 9.17) is 11.6 Å². The van der Waals surface area contributed by atoms with Gasteiger partial charge >= 0.3 is 6.55 Å². The number of H-pyrrole nitrogens is 1. The molecule has 0 aliphatic carbocycles. The first kappa shape index (κ1) is 10.6. The number of aromatic amines is 1. The Kier molecular flexibility index (Phi) is 3.19. The minimum Gasteiger partial charge on any atom is -0.312 e. The molecule has 0 spiro atoms. The normalized spacial score (nSPS) is 10.3. The fourth-order valence-electron chi connectivity index (χ4n) is 0.805. The van der Waals surface area contributed by atoms with E-state index >= 15 is 0 Å². The van der Waals surface area contributed by atoms with Crippen LogP contribution in [0.3, 0.4) is 0 Å². The molecule has 0 unspecified atom stereocenters. The van der Waals surface area contributed by atoms with Crippen LogP contribution >= 0.6 is 11.6 Å². The van der Waals surface area contributed by atoms with Crippen LogP contribution in [0.5, 0.6) is 0 Å². The van der Waals surface area contributed by atoms with Gasteiger partial charge in [0.1, 0.15) is 10.7 Å². The Bertz CT molecular complexity index is 405. The van der Waals surface area contributed by atoms with Gasteiger partial charge in [0.05, 0.1) is 0 Å². The van der Waals surface area contributed by atoms with Crippen molar-refractivity contribution >= 4 is 17.5 Å². The van der Waals surface area contributed by atoms with Gasteiger partial charge in [-0.1, -0.05) is 11.6 Å². The highest BCUT2D eigenvalue weighted by Gasteiger charge is 2.13. The summed E-state index contributed by atoms with van der Waals surface area (Å²) in [4.78, 5) is 24.0. The van der Waals surface area contributed by atoms with Crippen molar-refractivity contribution in [2.45, 2.75) is 6.55 Å². The van der Waals surface area contributed by atoms with E-state index in [1.54, 1.807) is 0 Å². The average molecular weight is 223 g/mol. The molecule has 0 fully saturated rings. The molecular formula is C7H5ClF2N2O2. The molecule has 0 aliphatic heterocycles. The summed E-state index contributed by atoms with van der Waals surface area (Å²) in [7, 11) is 0. The van der Waals surface area contributed by atoms with Crippen LogP contribution in [-0.4, -0.2) is 17.4 Å². The number of aromatic nitrogens is 1. The summed E-state index contributed by atoms with van der Waals surface area (Å²) in [6, 6.07) is 2.29. The molecule has 0 aromatic carbocycles. The summed E-state index contributed by atoms with van der Waals surface area (Å²) >= 11 is 5.39.